The number of methoxy groups -OCH3 is 2. The molecule has 0 aliphatic carbocycles. The third-order valence-corrected chi connectivity index (χ3v) is 5.42. The van der Waals surface area contributed by atoms with Crippen molar-refractivity contribution in [3.05, 3.63) is 89.6 Å². The first-order valence-corrected chi connectivity index (χ1v) is 10.3. The summed E-state index contributed by atoms with van der Waals surface area (Å²) in [4.78, 5) is 28.1. The molecule has 3 aromatic carbocycles. The Morgan fingerprint density at radius 1 is 0.750 bits per heavy atom. The number of imide groups is 1. The smallest absolute Gasteiger partial charge is 0.282 e. The Morgan fingerprint density at radius 2 is 1.31 bits per heavy atom. The van der Waals surface area contributed by atoms with Gasteiger partial charge in [0, 0.05) is 5.69 Å². The summed E-state index contributed by atoms with van der Waals surface area (Å²) < 4.78 is 10.4. The molecule has 162 valence electrons. The minimum absolute atomic E-state index is 0.227. The van der Waals surface area contributed by atoms with E-state index in [0.717, 1.165) is 12.0 Å². The summed E-state index contributed by atoms with van der Waals surface area (Å²) in [6.45, 7) is 2.06. The largest absolute Gasteiger partial charge is 0.497 e. The molecule has 1 aliphatic rings. The summed E-state index contributed by atoms with van der Waals surface area (Å²) in [5, 5.41) is 3.15. The van der Waals surface area contributed by atoms with Crippen molar-refractivity contribution in [2.24, 2.45) is 0 Å². The summed E-state index contributed by atoms with van der Waals surface area (Å²) in [6.07, 6.45) is 0.877. The average Bonchev–Trinajstić information content (AvgIpc) is 3.08. The normalized spacial score (nSPS) is 13.5. The number of benzene rings is 3. The Labute approximate surface area is 187 Å². The van der Waals surface area contributed by atoms with Gasteiger partial charge in [0.05, 0.1) is 25.5 Å². The van der Waals surface area contributed by atoms with Crippen LogP contribution in [-0.4, -0.2) is 26.0 Å². The number of nitrogens with one attached hydrogen (secondary N) is 1. The number of anilines is 2. The molecule has 1 heterocycles. The van der Waals surface area contributed by atoms with Crippen molar-refractivity contribution in [1.29, 1.82) is 0 Å². The zero-order valence-electron chi connectivity index (χ0n) is 18.2. The van der Waals surface area contributed by atoms with E-state index in [2.05, 4.69) is 12.2 Å². The van der Waals surface area contributed by atoms with Crippen LogP contribution in [-0.2, 0) is 16.0 Å². The quantitative estimate of drug-likeness (QED) is 0.554. The van der Waals surface area contributed by atoms with Crippen molar-refractivity contribution < 1.29 is 19.1 Å². The Balaban J connectivity index is 1.76. The zero-order chi connectivity index (χ0) is 22.7. The van der Waals surface area contributed by atoms with E-state index in [1.807, 2.05) is 12.1 Å². The fourth-order valence-corrected chi connectivity index (χ4v) is 3.61. The van der Waals surface area contributed by atoms with E-state index >= 15 is 0 Å². The van der Waals surface area contributed by atoms with Crippen LogP contribution in [0.2, 0.25) is 0 Å². The van der Waals surface area contributed by atoms with Gasteiger partial charge < -0.3 is 14.8 Å². The van der Waals surface area contributed by atoms with Gasteiger partial charge in [-0.15, -0.1) is 0 Å². The lowest BCUT2D eigenvalue weighted by Crippen LogP contribution is -2.32. The molecule has 0 saturated heterocycles. The van der Waals surface area contributed by atoms with Gasteiger partial charge in [-0.2, -0.15) is 0 Å². The highest BCUT2D eigenvalue weighted by Gasteiger charge is 2.40. The molecule has 0 radical (unpaired) electrons. The summed E-state index contributed by atoms with van der Waals surface area (Å²) in [6, 6.07) is 21.7. The molecule has 0 bridgehead atoms. The van der Waals surface area contributed by atoms with Crippen LogP contribution in [0, 0.1) is 0 Å². The monoisotopic (exact) mass is 428 g/mol. The predicted molar refractivity (Wildman–Crippen MR) is 125 cm³/mol. The van der Waals surface area contributed by atoms with Gasteiger partial charge >= 0.3 is 0 Å². The van der Waals surface area contributed by atoms with Gasteiger partial charge in [0.25, 0.3) is 11.8 Å². The van der Waals surface area contributed by atoms with Crippen molar-refractivity contribution >= 4 is 28.8 Å². The van der Waals surface area contributed by atoms with Crippen molar-refractivity contribution in [3.8, 4) is 11.5 Å². The topological polar surface area (TPSA) is 67.9 Å². The lowest BCUT2D eigenvalue weighted by Gasteiger charge is -2.16. The third-order valence-electron chi connectivity index (χ3n) is 5.42. The number of carbonyl (C=O) groups excluding carboxylic acids is 2. The van der Waals surface area contributed by atoms with E-state index in [9.17, 15) is 9.59 Å². The Morgan fingerprint density at radius 3 is 1.84 bits per heavy atom. The first kappa shape index (κ1) is 21.2. The van der Waals surface area contributed by atoms with Crippen LogP contribution in [0.4, 0.5) is 11.4 Å². The number of rotatable bonds is 7. The summed E-state index contributed by atoms with van der Waals surface area (Å²) >= 11 is 0. The first-order chi connectivity index (χ1) is 15.5. The van der Waals surface area contributed by atoms with E-state index in [-0.39, 0.29) is 11.6 Å². The number of amides is 2. The predicted octanol–water partition coefficient (Wildman–Crippen LogP) is 4.66. The van der Waals surface area contributed by atoms with Crippen molar-refractivity contribution in [2.75, 3.05) is 24.4 Å². The first-order valence-electron chi connectivity index (χ1n) is 10.3. The molecule has 0 spiro atoms. The van der Waals surface area contributed by atoms with Crippen LogP contribution < -0.4 is 19.7 Å². The molecule has 0 fully saturated rings. The number of hydrogen-bond donors (Lipinski definition) is 1. The van der Waals surface area contributed by atoms with Gasteiger partial charge in [0.15, 0.2) is 0 Å². The molecule has 2 amide bonds. The van der Waals surface area contributed by atoms with E-state index in [4.69, 9.17) is 9.47 Å². The number of aryl methyl sites for hydroxylation is 1. The fraction of sp³-hybridized carbons (Fsp3) is 0.154. The summed E-state index contributed by atoms with van der Waals surface area (Å²) in [7, 11) is 3.17. The lowest BCUT2D eigenvalue weighted by molar-refractivity contribution is -0.120. The SMILES string of the molecule is CCc1ccc(N2C(=O)C(Nc3ccc(OC)cc3)=C(c3ccc(OC)cc3)C2=O)cc1. The molecule has 6 heteroatoms. The van der Waals surface area contributed by atoms with E-state index in [0.29, 0.717) is 34.0 Å². The molecular weight excluding hydrogens is 404 g/mol. The van der Waals surface area contributed by atoms with Crippen LogP contribution in [0.3, 0.4) is 0 Å². The van der Waals surface area contributed by atoms with Gasteiger partial charge in [0.1, 0.15) is 17.2 Å². The van der Waals surface area contributed by atoms with Gasteiger partial charge in [-0.3, -0.25) is 9.59 Å². The maximum Gasteiger partial charge on any atom is 0.282 e. The second kappa shape index (κ2) is 8.98. The Hall–Kier alpha value is -4.06. The second-order valence-electron chi connectivity index (χ2n) is 7.30. The highest BCUT2D eigenvalue weighted by Crippen LogP contribution is 2.34. The maximum atomic E-state index is 13.5. The summed E-state index contributed by atoms with van der Waals surface area (Å²) in [5.74, 6) is 0.593. The van der Waals surface area contributed by atoms with Crippen molar-refractivity contribution in [2.45, 2.75) is 13.3 Å². The third kappa shape index (κ3) is 3.95. The van der Waals surface area contributed by atoms with Gasteiger partial charge in [-0.05, 0) is 66.1 Å². The minimum atomic E-state index is -0.402. The fourth-order valence-electron chi connectivity index (χ4n) is 3.61. The molecule has 0 aromatic heterocycles. The zero-order valence-corrected chi connectivity index (χ0v) is 18.2. The molecule has 0 unspecified atom stereocenters. The number of hydrogen-bond acceptors (Lipinski definition) is 5. The van der Waals surface area contributed by atoms with E-state index < -0.39 is 5.91 Å². The van der Waals surface area contributed by atoms with E-state index in [1.54, 1.807) is 74.9 Å². The standard InChI is InChI=1S/C26H24N2O4/c1-4-17-5-11-20(12-6-17)28-25(29)23(18-7-13-21(31-2)14-8-18)24(26(28)30)27-19-9-15-22(32-3)16-10-19/h5-16,27H,4H2,1-3H3. The molecule has 0 saturated carbocycles. The Bertz CT molecular complexity index is 1160. The van der Waals surface area contributed by atoms with Crippen molar-refractivity contribution in [1.82, 2.24) is 0 Å². The number of carbonyl (C=O) groups is 2. The molecular formula is C26H24N2O4. The minimum Gasteiger partial charge on any atom is -0.497 e. The lowest BCUT2D eigenvalue weighted by atomic mass is 10.0. The molecule has 1 aliphatic heterocycles. The van der Waals surface area contributed by atoms with Gasteiger partial charge in [0.2, 0.25) is 0 Å². The van der Waals surface area contributed by atoms with E-state index in [1.165, 1.54) is 4.90 Å². The van der Waals surface area contributed by atoms with Crippen LogP contribution in [0.15, 0.2) is 78.5 Å². The highest BCUT2D eigenvalue weighted by atomic mass is 16.5. The molecule has 32 heavy (non-hydrogen) atoms. The average molecular weight is 428 g/mol. The van der Waals surface area contributed by atoms with Gasteiger partial charge in [-0.25, -0.2) is 4.90 Å². The maximum absolute atomic E-state index is 13.5. The molecule has 6 nitrogen and oxygen atoms in total. The van der Waals surface area contributed by atoms with Crippen LogP contribution in [0.5, 0.6) is 11.5 Å². The molecule has 4 rings (SSSR count). The van der Waals surface area contributed by atoms with Crippen LogP contribution in [0.1, 0.15) is 18.1 Å². The highest BCUT2D eigenvalue weighted by molar-refractivity contribution is 6.46. The molecule has 0 atom stereocenters. The van der Waals surface area contributed by atoms with Crippen molar-refractivity contribution in [3.63, 3.8) is 0 Å². The molecule has 1 N–H and O–H groups in total. The second-order valence-corrected chi connectivity index (χ2v) is 7.30. The summed E-state index contributed by atoms with van der Waals surface area (Å²) in [5.41, 5.74) is 3.52. The number of nitrogens with zero attached hydrogens (tertiary/aromatic N) is 1. The molecule has 3 aromatic rings. The Kier molecular flexibility index (Phi) is 5.94. The number of ether oxygens (including phenoxy) is 2. The van der Waals surface area contributed by atoms with Crippen LogP contribution in [0.25, 0.3) is 5.57 Å². The van der Waals surface area contributed by atoms with Crippen LogP contribution >= 0.6 is 0 Å². The van der Waals surface area contributed by atoms with Gasteiger partial charge in [-0.1, -0.05) is 31.2 Å².